The molecule has 0 aliphatic rings. The van der Waals surface area contributed by atoms with Crippen molar-refractivity contribution in [3.63, 3.8) is 0 Å². The van der Waals surface area contributed by atoms with E-state index in [1.54, 1.807) is 12.3 Å². The summed E-state index contributed by atoms with van der Waals surface area (Å²) in [4.78, 5) is 0. The van der Waals surface area contributed by atoms with E-state index in [-0.39, 0.29) is 12.1 Å². The van der Waals surface area contributed by atoms with Gasteiger partial charge in [0.15, 0.2) is 0 Å². The molecule has 1 aromatic carbocycles. The molecule has 1 heterocycles. The molecule has 0 atom stereocenters. The first kappa shape index (κ1) is 13.1. The Bertz CT molecular complexity index is 536. The van der Waals surface area contributed by atoms with Crippen LogP contribution in [0.5, 0.6) is 0 Å². The minimum absolute atomic E-state index is 0.0513. The van der Waals surface area contributed by atoms with Crippen molar-refractivity contribution < 1.29 is 13.2 Å². The van der Waals surface area contributed by atoms with Gasteiger partial charge in [-0.05, 0) is 11.6 Å². The third-order valence-electron chi connectivity index (χ3n) is 2.38. The van der Waals surface area contributed by atoms with Gasteiger partial charge in [-0.1, -0.05) is 39.3 Å². The van der Waals surface area contributed by atoms with Crippen molar-refractivity contribution in [3.8, 4) is 0 Å². The Kier molecular flexibility index (Phi) is 3.70. The lowest BCUT2D eigenvalue weighted by atomic mass is 10.1. The molecule has 0 saturated carbocycles. The van der Waals surface area contributed by atoms with Gasteiger partial charge >= 0.3 is 6.18 Å². The highest BCUT2D eigenvalue weighted by atomic mass is 79.9. The van der Waals surface area contributed by atoms with Gasteiger partial charge < -0.3 is 0 Å². The van der Waals surface area contributed by atoms with Crippen LogP contribution >= 0.6 is 15.9 Å². The van der Waals surface area contributed by atoms with Gasteiger partial charge in [-0.2, -0.15) is 13.2 Å². The van der Waals surface area contributed by atoms with E-state index >= 15 is 0 Å². The zero-order chi connectivity index (χ0) is 13.2. The first-order chi connectivity index (χ1) is 8.50. The minimum atomic E-state index is -4.35. The van der Waals surface area contributed by atoms with E-state index in [2.05, 4.69) is 26.2 Å². The van der Waals surface area contributed by atoms with Gasteiger partial charge in [-0.15, -0.1) is 5.10 Å². The van der Waals surface area contributed by atoms with Crippen molar-refractivity contribution in [2.24, 2.45) is 0 Å². The lowest BCUT2D eigenvalue weighted by molar-refractivity contribution is -0.138. The first-order valence-electron chi connectivity index (χ1n) is 5.11. The molecule has 2 rings (SSSR count). The third kappa shape index (κ3) is 2.90. The van der Waals surface area contributed by atoms with E-state index in [0.717, 1.165) is 6.07 Å². The second kappa shape index (κ2) is 5.09. The lowest BCUT2D eigenvalue weighted by Crippen LogP contribution is -2.11. The molecule has 0 unspecified atom stereocenters. The molecule has 0 N–H and O–H groups in total. The highest BCUT2D eigenvalue weighted by Gasteiger charge is 2.32. The summed E-state index contributed by atoms with van der Waals surface area (Å²) in [6.07, 6.45) is -2.74. The molecule has 1 aromatic heterocycles. The van der Waals surface area contributed by atoms with Crippen molar-refractivity contribution >= 4 is 15.9 Å². The number of nitrogens with zero attached hydrogens (tertiary/aromatic N) is 3. The van der Waals surface area contributed by atoms with Gasteiger partial charge in [0, 0.05) is 11.5 Å². The van der Waals surface area contributed by atoms with Gasteiger partial charge in [-0.25, -0.2) is 4.68 Å². The van der Waals surface area contributed by atoms with E-state index in [9.17, 15) is 13.2 Å². The van der Waals surface area contributed by atoms with Gasteiger partial charge in [0.1, 0.15) is 0 Å². The van der Waals surface area contributed by atoms with Crippen LogP contribution in [0.2, 0.25) is 0 Å². The summed E-state index contributed by atoms with van der Waals surface area (Å²) in [5.74, 6) is 0. The number of alkyl halides is 4. The zero-order valence-electron chi connectivity index (χ0n) is 9.15. The van der Waals surface area contributed by atoms with Crippen LogP contribution in [0.25, 0.3) is 0 Å². The number of hydrogen-bond acceptors (Lipinski definition) is 2. The summed E-state index contributed by atoms with van der Waals surface area (Å²) in [6.45, 7) is 0.0513. The average molecular weight is 320 g/mol. The highest BCUT2D eigenvalue weighted by molar-refractivity contribution is 9.08. The summed E-state index contributed by atoms with van der Waals surface area (Å²) < 4.78 is 39.7. The molecule has 3 nitrogen and oxygen atoms in total. The molecule has 0 bridgehead atoms. The second-order valence-electron chi connectivity index (χ2n) is 3.70. The van der Waals surface area contributed by atoms with Gasteiger partial charge in [-0.3, -0.25) is 0 Å². The largest absolute Gasteiger partial charge is 0.416 e. The Labute approximate surface area is 110 Å². The predicted molar refractivity (Wildman–Crippen MR) is 63.2 cm³/mol. The van der Waals surface area contributed by atoms with Crippen LogP contribution in [0.15, 0.2) is 30.5 Å². The molecule has 0 saturated heterocycles. The van der Waals surface area contributed by atoms with Gasteiger partial charge in [0.05, 0.1) is 17.8 Å². The zero-order valence-corrected chi connectivity index (χ0v) is 10.7. The second-order valence-corrected chi connectivity index (χ2v) is 4.26. The Hall–Kier alpha value is -1.37. The van der Waals surface area contributed by atoms with Crippen LogP contribution in [0, 0.1) is 0 Å². The maximum atomic E-state index is 12.8. The molecule has 96 valence electrons. The SMILES string of the molecule is FC(F)(F)c1ccccc1Cn1cc(CBr)nn1. The number of aromatic nitrogens is 3. The van der Waals surface area contributed by atoms with Crippen LogP contribution in [-0.2, 0) is 18.1 Å². The molecule has 0 radical (unpaired) electrons. The van der Waals surface area contributed by atoms with E-state index in [1.165, 1.54) is 16.8 Å². The van der Waals surface area contributed by atoms with Crippen molar-refractivity contribution in [3.05, 3.63) is 47.3 Å². The summed E-state index contributed by atoms with van der Waals surface area (Å²) in [7, 11) is 0. The molecule has 0 aliphatic carbocycles. The molecule has 0 spiro atoms. The van der Waals surface area contributed by atoms with Crippen LogP contribution < -0.4 is 0 Å². The fourth-order valence-corrected chi connectivity index (χ4v) is 1.84. The monoisotopic (exact) mass is 319 g/mol. The number of hydrogen-bond donors (Lipinski definition) is 0. The Morgan fingerprint density at radius 3 is 2.56 bits per heavy atom. The van der Waals surface area contributed by atoms with E-state index in [4.69, 9.17) is 0 Å². The molecule has 2 aromatic rings. The highest BCUT2D eigenvalue weighted by Crippen LogP contribution is 2.32. The minimum Gasteiger partial charge on any atom is -0.248 e. The molecule has 0 fully saturated rings. The number of halogens is 4. The average Bonchev–Trinajstić information content (AvgIpc) is 2.76. The maximum absolute atomic E-state index is 12.8. The Morgan fingerprint density at radius 2 is 1.94 bits per heavy atom. The van der Waals surface area contributed by atoms with Crippen LogP contribution in [0.3, 0.4) is 0 Å². The van der Waals surface area contributed by atoms with Gasteiger partial charge in [0.2, 0.25) is 0 Å². The summed E-state index contributed by atoms with van der Waals surface area (Å²) in [6, 6.07) is 5.46. The predicted octanol–water partition coefficient (Wildman–Crippen LogP) is 3.24. The lowest BCUT2D eigenvalue weighted by Gasteiger charge is -2.12. The Balaban J connectivity index is 2.29. The topological polar surface area (TPSA) is 30.7 Å². The van der Waals surface area contributed by atoms with E-state index in [0.29, 0.717) is 11.0 Å². The van der Waals surface area contributed by atoms with Crippen molar-refractivity contribution in [1.29, 1.82) is 0 Å². The van der Waals surface area contributed by atoms with Crippen molar-refractivity contribution in [2.45, 2.75) is 18.1 Å². The summed E-state index contributed by atoms with van der Waals surface area (Å²) in [5, 5.41) is 8.10. The van der Waals surface area contributed by atoms with Crippen LogP contribution in [0.4, 0.5) is 13.2 Å². The summed E-state index contributed by atoms with van der Waals surface area (Å²) in [5.41, 5.74) is 0.219. The fourth-order valence-electron chi connectivity index (χ4n) is 1.59. The standard InChI is InChI=1S/C11H9BrF3N3/c12-5-9-7-18(17-16-9)6-8-3-1-2-4-10(8)11(13,14)15/h1-4,7H,5-6H2. The van der Waals surface area contributed by atoms with Gasteiger partial charge in [0.25, 0.3) is 0 Å². The van der Waals surface area contributed by atoms with Crippen LogP contribution in [0.1, 0.15) is 16.8 Å². The molecular weight excluding hydrogens is 311 g/mol. The maximum Gasteiger partial charge on any atom is 0.416 e. The molecule has 7 heteroatoms. The quantitative estimate of drug-likeness (QED) is 0.813. The molecule has 18 heavy (non-hydrogen) atoms. The summed E-state index contributed by atoms with van der Waals surface area (Å²) >= 11 is 3.21. The van der Waals surface area contributed by atoms with Crippen molar-refractivity contribution in [2.75, 3.05) is 0 Å². The molecule has 0 aliphatic heterocycles. The number of benzene rings is 1. The Morgan fingerprint density at radius 1 is 1.22 bits per heavy atom. The normalized spacial score (nSPS) is 11.8. The van der Waals surface area contributed by atoms with E-state index < -0.39 is 11.7 Å². The fraction of sp³-hybridized carbons (Fsp3) is 0.273. The molecule has 0 amide bonds. The van der Waals surface area contributed by atoms with Crippen molar-refractivity contribution in [1.82, 2.24) is 15.0 Å². The van der Waals surface area contributed by atoms with Crippen LogP contribution in [-0.4, -0.2) is 15.0 Å². The first-order valence-corrected chi connectivity index (χ1v) is 6.23. The molecular formula is C11H9BrF3N3. The smallest absolute Gasteiger partial charge is 0.248 e. The number of rotatable bonds is 3. The third-order valence-corrected chi connectivity index (χ3v) is 2.95. The van der Waals surface area contributed by atoms with E-state index in [1.807, 2.05) is 0 Å².